The van der Waals surface area contributed by atoms with Crippen LogP contribution in [0.25, 0.3) is 0 Å². The van der Waals surface area contributed by atoms with Gasteiger partial charge in [0.2, 0.25) is 0 Å². The Bertz CT molecular complexity index is 465. The third kappa shape index (κ3) is 1.96. The number of nitriles is 1. The molecule has 1 aromatic carbocycles. The molecule has 0 N–H and O–H groups in total. The number of ether oxygens (including phenoxy) is 1. The predicted octanol–water partition coefficient (Wildman–Crippen LogP) is 1.08. The van der Waals surface area contributed by atoms with Crippen molar-refractivity contribution in [1.82, 2.24) is 4.90 Å². The lowest BCUT2D eigenvalue weighted by atomic mass is 10.1. The fraction of sp³-hybridized carbons (Fsp3) is 0.500. The number of fused-ring (bicyclic) bond motifs is 1. The van der Waals surface area contributed by atoms with E-state index in [1.54, 1.807) is 0 Å². The van der Waals surface area contributed by atoms with Crippen molar-refractivity contribution in [2.24, 2.45) is 0 Å². The van der Waals surface area contributed by atoms with E-state index in [0.717, 1.165) is 26.2 Å². The molecule has 0 bridgehead atoms. The maximum atomic E-state index is 8.81. The van der Waals surface area contributed by atoms with Crippen LogP contribution >= 0.6 is 0 Å². The van der Waals surface area contributed by atoms with Gasteiger partial charge in [-0.15, -0.1) is 0 Å². The number of likely N-dealkylation sites (N-methyl/N-ethyl adjacent to an activating group) is 1. The van der Waals surface area contributed by atoms with Gasteiger partial charge in [0.25, 0.3) is 0 Å². The van der Waals surface area contributed by atoms with Crippen molar-refractivity contribution in [2.75, 3.05) is 38.2 Å². The monoisotopic (exact) mass is 243 g/mol. The summed E-state index contributed by atoms with van der Waals surface area (Å²) in [4.78, 5) is 4.73. The Hall–Kier alpha value is -1.57. The molecule has 0 aromatic heterocycles. The number of hydrogen-bond donors (Lipinski definition) is 0. The molecule has 18 heavy (non-hydrogen) atoms. The van der Waals surface area contributed by atoms with Crippen LogP contribution in [0.15, 0.2) is 24.3 Å². The zero-order valence-electron chi connectivity index (χ0n) is 10.5. The Balaban J connectivity index is 1.76. The molecule has 2 saturated heterocycles. The van der Waals surface area contributed by atoms with Gasteiger partial charge in [-0.1, -0.05) is 0 Å². The molecular formula is C14H17N3O. The van der Waals surface area contributed by atoms with Crippen molar-refractivity contribution in [3.05, 3.63) is 29.8 Å². The molecule has 2 atom stereocenters. The Morgan fingerprint density at radius 3 is 2.72 bits per heavy atom. The highest BCUT2D eigenvalue weighted by molar-refractivity contribution is 5.51. The molecule has 3 rings (SSSR count). The van der Waals surface area contributed by atoms with Crippen LogP contribution in [0.1, 0.15) is 5.56 Å². The molecular weight excluding hydrogens is 226 g/mol. The zero-order valence-corrected chi connectivity index (χ0v) is 10.5. The lowest BCUT2D eigenvalue weighted by Crippen LogP contribution is -2.48. The summed E-state index contributed by atoms with van der Waals surface area (Å²) in [6.07, 6.45) is 0.319. The standard InChI is InChI=1S/C14H17N3O/c1-16-6-7-18-14-10-17(9-13(14)16)12-4-2-11(8-15)3-5-12/h2-5,13-14H,6-7,9-10H2,1H3/t13-,14+/m1/s1. The second-order valence-electron chi connectivity index (χ2n) is 5.02. The minimum absolute atomic E-state index is 0.319. The molecule has 0 aliphatic carbocycles. The third-order valence-corrected chi connectivity index (χ3v) is 3.94. The Kier molecular flexibility index (Phi) is 2.94. The van der Waals surface area contributed by atoms with Gasteiger partial charge < -0.3 is 9.64 Å². The molecule has 0 saturated carbocycles. The van der Waals surface area contributed by atoms with E-state index in [1.807, 2.05) is 24.3 Å². The van der Waals surface area contributed by atoms with Crippen LogP contribution < -0.4 is 4.90 Å². The van der Waals surface area contributed by atoms with Gasteiger partial charge in [0.05, 0.1) is 30.4 Å². The molecule has 0 unspecified atom stereocenters. The summed E-state index contributed by atoms with van der Waals surface area (Å²) >= 11 is 0. The fourth-order valence-electron chi connectivity index (χ4n) is 2.82. The summed E-state index contributed by atoms with van der Waals surface area (Å²) in [7, 11) is 2.17. The van der Waals surface area contributed by atoms with E-state index in [0.29, 0.717) is 17.7 Å². The lowest BCUT2D eigenvalue weighted by Gasteiger charge is -2.33. The van der Waals surface area contributed by atoms with E-state index < -0.39 is 0 Å². The van der Waals surface area contributed by atoms with E-state index >= 15 is 0 Å². The van der Waals surface area contributed by atoms with Crippen LogP contribution in [-0.2, 0) is 4.74 Å². The van der Waals surface area contributed by atoms with E-state index in [-0.39, 0.29) is 0 Å². The van der Waals surface area contributed by atoms with Crippen LogP contribution in [0.5, 0.6) is 0 Å². The molecule has 4 nitrogen and oxygen atoms in total. The van der Waals surface area contributed by atoms with Crippen molar-refractivity contribution in [2.45, 2.75) is 12.1 Å². The normalized spacial score (nSPS) is 27.9. The van der Waals surface area contributed by atoms with Crippen molar-refractivity contribution < 1.29 is 4.74 Å². The second kappa shape index (κ2) is 4.60. The van der Waals surface area contributed by atoms with E-state index in [1.165, 1.54) is 5.69 Å². The second-order valence-corrected chi connectivity index (χ2v) is 5.02. The summed E-state index contributed by atoms with van der Waals surface area (Å²) < 4.78 is 5.83. The number of anilines is 1. The highest BCUT2D eigenvalue weighted by Gasteiger charge is 2.38. The average Bonchev–Trinajstić information content (AvgIpc) is 2.84. The van der Waals surface area contributed by atoms with Gasteiger partial charge >= 0.3 is 0 Å². The van der Waals surface area contributed by atoms with E-state index in [4.69, 9.17) is 10.00 Å². The van der Waals surface area contributed by atoms with E-state index in [9.17, 15) is 0 Å². The molecule has 94 valence electrons. The number of benzene rings is 1. The van der Waals surface area contributed by atoms with Crippen molar-refractivity contribution in [3.63, 3.8) is 0 Å². The number of rotatable bonds is 1. The van der Waals surface area contributed by atoms with Crippen LogP contribution in [0.2, 0.25) is 0 Å². The van der Waals surface area contributed by atoms with Gasteiger partial charge in [-0.25, -0.2) is 0 Å². The van der Waals surface area contributed by atoms with Gasteiger partial charge in [0, 0.05) is 25.3 Å². The topological polar surface area (TPSA) is 39.5 Å². The van der Waals surface area contributed by atoms with Crippen molar-refractivity contribution in [3.8, 4) is 6.07 Å². The molecule has 0 radical (unpaired) electrons. The Labute approximate surface area is 107 Å². The summed E-state index contributed by atoms with van der Waals surface area (Å²) in [6.45, 7) is 3.80. The average molecular weight is 243 g/mol. The minimum atomic E-state index is 0.319. The SMILES string of the molecule is CN1CCO[C@H]2CN(c3ccc(C#N)cc3)C[C@H]21. The molecule has 2 aliphatic heterocycles. The summed E-state index contributed by atoms with van der Waals surface area (Å²) in [6, 6.07) is 10.4. The quantitative estimate of drug-likeness (QED) is 0.740. The van der Waals surface area contributed by atoms with Gasteiger partial charge in [0.1, 0.15) is 0 Å². The lowest BCUT2D eigenvalue weighted by molar-refractivity contribution is -0.0362. The highest BCUT2D eigenvalue weighted by atomic mass is 16.5. The predicted molar refractivity (Wildman–Crippen MR) is 69.5 cm³/mol. The van der Waals surface area contributed by atoms with Gasteiger partial charge in [-0.05, 0) is 31.3 Å². The first-order valence-electron chi connectivity index (χ1n) is 6.35. The molecule has 2 aliphatic rings. The number of morpholine rings is 1. The van der Waals surface area contributed by atoms with Crippen molar-refractivity contribution >= 4 is 5.69 Å². The maximum absolute atomic E-state index is 8.81. The van der Waals surface area contributed by atoms with Gasteiger partial charge in [-0.3, -0.25) is 4.90 Å². The first kappa shape index (κ1) is 11.5. The molecule has 2 heterocycles. The minimum Gasteiger partial charge on any atom is -0.373 e. The number of hydrogen-bond acceptors (Lipinski definition) is 4. The maximum Gasteiger partial charge on any atom is 0.0991 e. The van der Waals surface area contributed by atoms with Crippen molar-refractivity contribution in [1.29, 1.82) is 5.26 Å². The fourth-order valence-corrected chi connectivity index (χ4v) is 2.82. The largest absolute Gasteiger partial charge is 0.373 e. The third-order valence-electron chi connectivity index (χ3n) is 3.94. The van der Waals surface area contributed by atoms with Gasteiger partial charge in [-0.2, -0.15) is 5.26 Å². The first-order valence-corrected chi connectivity index (χ1v) is 6.35. The molecule has 2 fully saturated rings. The molecule has 4 heteroatoms. The summed E-state index contributed by atoms with van der Waals surface area (Å²) in [5, 5.41) is 8.81. The molecule has 0 spiro atoms. The smallest absolute Gasteiger partial charge is 0.0991 e. The van der Waals surface area contributed by atoms with E-state index in [2.05, 4.69) is 22.9 Å². The zero-order chi connectivity index (χ0) is 12.5. The Morgan fingerprint density at radius 1 is 1.28 bits per heavy atom. The highest BCUT2D eigenvalue weighted by Crippen LogP contribution is 2.26. The van der Waals surface area contributed by atoms with Crippen LogP contribution in [-0.4, -0.2) is 50.3 Å². The van der Waals surface area contributed by atoms with Gasteiger partial charge in [0.15, 0.2) is 0 Å². The summed E-state index contributed by atoms with van der Waals surface area (Å²) in [5.41, 5.74) is 1.89. The Morgan fingerprint density at radius 2 is 2.06 bits per heavy atom. The number of nitrogens with zero attached hydrogens (tertiary/aromatic N) is 3. The first-order chi connectivity index (χ1) is 8.78. The molecule has 1 aromatic rings. The molecule has 0 amide bonds. The van der Waals surface area contributed by atoms with Crippen LogP contribution in [0.4, 0.5) is 5.69 Å². The summed E-state index contributed by atoms with van der Waals surface area (Å²) in [5.74, 6) is 0. The van der Waals surface area contributed by atoms with Crippen LogP contribution in [0.3, 0.4) is 0 Å². The van der Waals surface area contributed by atoms with Crippen LogP contribution in [0, 0.1) is 11.3 Å².